The number of amides is 1. The molecule has 0 N–H and O–H groups in total. The Morgan fingerprint density at radius 1 is 1.00 bits per heavy atom. The summed E-state index contributed by atoms with van der Waals surface area (Å²) in [6.07, 6.45) is 8.33. The third kappa shape index (κ3) is 11.1. The third-order valence-electron chi connectivity index (χ3n) is 3.06. The average molecular weight is 291 g/mol. The summed E-state index contributed by atoms with van der Waals surface area (Å²) in [4.78, 5) is 14.1. The molecule has 0 aliphatic heterocycles. The maximum Gasteiger partial charge on any atom is 0.246 e. The molecule has 120 valence electrons. The summed E-state index contributed by atoms with van der Waals surface area (Å²) in [5, 5.41) is 0. The summed E-state index contributed by atoms with van der Waals surface area (Å²) < 4.78 is 0. The average Bonchev–Trinajstić information content (AvgIpc) is 2.32. The van der Waals surface area contributed by atoms with Crippen LogP contribution in [0.2, 0.25) is 0 Å². The van der Waals surface area contributed by atoms with Crippen LogP contribution in [0.4, 0.5) is 0 Å². The fraction of sp³-hybridized carbons (Fsp3) is 0.632. The van der Waals surface area contributed by atoms with E-state index in [1.54, 1.807) is 6.08 Å². The van der Waals surface area contributed by atoms with Gasteiger partial charge in [-0.05, 0) is 53.4 Å². The summed E-state index contributed by atoms with van der Waals surface area (Å²) in [6.45, 7) is 16.1. The van der Waals surface area contributed by atoms with Crippen LogP contribution in [0, 0.1) is 5.92 Å². The minimum Gasteiger partial charge on any atom is -0.335 e. The highest BCUT2D eigenvalue weighted by molar-refractivity contribution is 5.88. The molecule has 0 aliphatic carbocycles. The van der Waals surface area contributed by atoms with Gasteiger partial charge in [0.1, 0.15) is 0 Å². The molecule has 0 aromatic rings. The molecule has 2 nitrogen and oxygen atoms in total. The number of nitrogens with zero attached hydrogens (tertiary/aromatic N) is 1. The molecular formula is C19H33NO. The summed E-state index contributed by atoms with van der Waals surface area (Å²) >= 11 is 0. The summed E-state index contributed by atoms with van der Waals surface area (Å²) in [5.74, 6) is 0.607. The number of rotatable bonds is 8. The monoisotopic (exact) mass is 291 g/mol. The third-order valence-corrected chi connectivity index (χ3v) is 3.06. The van der Waals surface area contributed by atoms with Gasteiger partial charge in [0, 0.05) is 19.2 Å². The van der Waals surface area contributed by atoms with Crippen molar-refractivity contribution in [3.05, 3.63) is 34.9 Å². The van der Waals surface area contributed by atoms with Crippen LogP contribution in [0.1, 0.15) is 61.3 Å². The van der Waals surface area contributed by atoms with Crippen LogP contribution in [0.3, 0.4) is 0 Å². The van der Waals surface area contributed by atoms with Crippen molar-refractivity contribution in [3.8, 4) is 0 Å². The lowest BCUT2D eigenvalue weighted by molar-refractivity contribution is -0.126. The van der Waals surface area contributed by atoms with Crippen LogP contribution >= 0.6 is 0 Å². The van der Waals surface area contributed by atoms with Crippen molar-refractivity contribution in [1.29, 1.82) is 0 Å². The Balaban J connectivity index is 4.63. The van der Waals surface area contributed by atoms with Crippen LogP contribution in [-0.4, -0.2) is 23.9 Å². The Hall–Kier alpha value is -1.31. The maximum atomic E-state index is 12.2. The largest absolute Gasteiger partial charge is 0.335 e. The normalized spacial score (nSPS) is 11.3. The lowest BCUT2D eigenvalue weighted by Gasteiger charge is -2.22. The van der Waals surface area contributed by atoms with Crippen molar-refractivity contribution in [3.63, 3.8) is 0 Å². The Bertz CT molecular complexity index is 405. The molecule has 2 heteroatoms. The predicted molar refractivity (Wildman–Crippen MR) is 93.3 cm³/mol. The van der Waals surface area contributed by atoms with Crippen molar-refractivity contribution < 1.29 is 4.79 Å². The Morgan fingerprint density at radius 3 is 2.10 bits per heavy atom. The molecule has 1 amide bonds. The predicted octanol–water partition coefficient (Wildman–Crippen LogP) is 5.13. The zero-order chi connectivity index (χ0) is 16.4. The number of allylic oxidation sites excluding steroid dienone is 4. The van der Waals surface area contributed by atoms with E-state index in [2.05, 4.69) is 46.8 Å². The van der Waals surface area contributed by atoms with Gasteiger partial charge in [-0.3, -0.25) is 4.79 Å². The highest BCUT2D eigenvalue weighted by atomic mass is 16.2. The second kappa shape index (κ2) is 10.4. The molecule has 21 heavy (non-hydrogen) atoms. The molecule has 0 radical (unpaired) electrons. The van der Waals surface area contributed by atoms with Gasteiger partial charge in [0.15, 0.2) is 0 Å². The van der Waals surface area contributed by atoms with Crippen molar-refractivity contribution in [1.82, 2.24) is 4.90 Å². The molecule has 0 aromatic carbocycles. The first-order valence-corrected chi connectivity index (χ1v) is 7.95. The molecule has 0 spiro atoms. The molecule has 0 aromatic heterocycles. The van der Waals surface area contributed by atoms with Crippen LogP contribution in [0.25, 0.3) is 0 Å². The smallest absolute Gasteiger partial charge is 0.246 e. The van der Waals surface area contributed by atoms with Crippen LogP contribution in [-0.2, 0) is 4.79 Å². The molecule has 0 atom stereocenters. The Morgan fingerprint density at radius 2 is 1.62 bits per heavy atom. The van der Waals surface area contributed by atoms with E-state index in [1.165, 1.54) is 11.1 Å². The highest BCUT2D eigenvalue weighted by Gasteiger charge is 2.11. The first kappa shape index (κ1) is 19.7. The van der Waals surface area contributed by atoms with Crippen LogP contribution < -0.4 is 0 Å². The Labute approximate surface area is 131 Å². The van der Waals surface area contributed by atoms with E-state index in [-0.39, 0.29) is 5.91 Å². The molecule has 0 heterocycles. The van der Waals surface area contributed by atoms with E-state index >= 15 is 0 Å². The van der Waals surface area contributed by atoms with Gasteiger partial charge in [0.05, 0.1) is 0 Å². The van der Waals surface area contributed by atoms with Crippen molar-refractivity contribution in [2.75, 3.05) is 13.1 Å². The topological polar surface area (TPSA) is 20.3 Å². The molecule has 0 saturated carbocycles. The number of carbonyl (C=O) groups is 1. The summed E-state index contributed by atoms with van der Waals surface area (Å²) in [6, 6.07) is 0. The van der Waals surface area contributed by atoms with Crippen molar-refractivity contribution in [2.24, 2.45) is 5.92 Å². The van der Waals surface area contributed by atoms with Gasteiger partial charge in [-0.15, -0.1) is 0 Å². The SMILES string of the molecule is CC(C)=CCC/C(C)=C\CN(CC(C)C)C(=O)C=C(C)C. The van der Waals surface area contributed by atoms with Crippen LogP contribution in [0.5, 0.6) is 0 Å². The minimum absolute atomic E-state index is 0.122. The molecule has 0 bridgehead atoms. The first-order valence-electron chi connectivity index (χ1n) is 7.95. The van der Waals surface area contributed by atoms with Crippen LogP contribution in [0.15, 0.2) is 34.9 Å². The standard InChI is InChI=1S/C19H33NO/c1-15(2)9-8-10-18(7)11-12-20(14-17(5)6)19(21)13-16(3)4/h9,11,13,17H,8,10,12,14H2,1-7H3/b18-11-. The first-order chi connectivity index (χ1) is 9.72. The lowest BCUT2D eigenvalue weighted by Crippen LogP contribution is -2.33. The van der Waals surface area contributed by atoms with Gasteiger partial charge in [0.25, 0.3) is 0 Å². The second-order valence-electron chi connectivity index (χ2n) is 6.73. The van der Waals surface area contributed by atoms with E-state index in [0.717, 1.165) is 25.0 Å². The fourth-order valence-corrected chi connectivity index (χ4v) is 1.99. The van der Waals surface area contributed by atoms with E-state index in [1.807, 2.05) is 18.7 Å². The van der Waals surface area contributed by atoms with E-state index in [4.69, 9.17) is 0 Å². The zero-order valence-electron chi connectivity index (χ0n) is 15.0. The van der Waals surface area contributed by atoms with E-state index < -0.39 is 0 Å². The molecule has 0 unspecified atom stereocenters. The van der Waals surface area contributed by atoms with Crippen molar-refractivity contribution in [2.45, 2.75) is 61.3 Å². The van der Waals surface area contributed by atoms with E-state index in [9.17, 15) is 4.79 Å². The van der Waals surface area contributed by atoms with E-state index in [0.29, 0.717) is 12.5 Å². The highest BCUT2D eigenvalue weighted by Crippen LogP contribution is 2.08. The maximum absolute atomic E-state index is 12.2. The summed E-state index contributed by atoms with van der Waals surface area (Å²) in [7, 11) is 0. The zero-order valence-corrected chi connectivity index (χ0v) is 15.0. The minimum atomic E-state index is 0.122. The molecule has 0 fully saturated rings. The molecule has 0 saturated heterocycles. The number of hydrogen-bond donors (Lipinski definition) is 0. The molecule has 0 aliphatic rings. The van der Waals surface area contributed by atoms with Gasteiger partial charge < -0.3 is 4.90 Å². The lowest BCUT2D eigenvalue weighted by atomic mass is 10.1. The molecular weight excluding hydrogens is 258 g/mol. The van der Waals surface area contributed by atoms with Gasteiger partial charge in [-0.2, -0.15) is 0 Å². The van der Waals surface area contributed by atoms with Gasteiger partial charge >= 0.3 is 0 Å². The van der Waals surface area contributed by atoms with Gasteiger partial charge in [-0.25, -0.2) is 0 Å². The number of carbonyl (C=O) groups excluding carboxylic acids is 1. The Kier molecular flexibility index (Phi) is 9.77. The number of hydrogen-bond acceptors (Lipinski definition) is 1. The second-order valence-corrected chi connectivity index (χ2v) is 6.73. The van der Waals surface area contributed by atoms with Gasteiger partial charge in [-0.1, -0.05) is 42.7 Å². The summed E-state index contributed by atoms with van der Waals surface area (Å²) in [5.41, 5.74) is 3.77. The quantitative estimate of drug-likeness (QED) is 0.448. The van der Waals surface area contributed by atoms with Crippen molar-refractivity contribution >= 4 is 5.91 Å². The molecule has 0 rings (SSSR count). The van der Waals surface area contributed by atoms with Gasteiger partial charge in [0.2, 0.25) is 5.91 Å². The fourth-order valence-electron chi connectivity index (χ4n) is 1.99.